The maximum absolute atomic E-state index is 14.3. The maximum Gasteiger partial charge on any atom is 0.341 e. The van der Waals surface area contributed by atoms with Crippen LogP contribution in [0.4, 0.5) is 14.5 Å². The Kier molecular flexibility index (Phi) is 3.39. The van der Waals surface area contributed by atoms with Crippen molar-refractivity contribution < 1.29 is 23.0 Å². The molecule has 0 spiro atoms. The third kappa shape index (κ3) is 1.98. The van der Waals surface area contributed by atoms with Crippen molar-refractivity contribution in [2.24, 2.45) is 0 Å². The predicted molar refractivity (Wildman–Crippen MR) is 64.5 cm³/mol. The minimum absolute atomic E-state index is 0.167. The fraction of sp³-hybridized carbons (Fsp3) is 0.250. The molecule has 1 aromatic heterocycles. The van der Waals surface area contributed by atoms with Gasteiger partial charge in [-0.15, -0.1) is 0 Å². The van der Waals surface area contributed by atoms with E-state index >= 15 is 0 Å². The largest absolute Gasteiger partial charge is 0.496 e. The van der Waals surface area contributed by atoms with Crippen LogP contribution in [0, 0.1) is 35.6 Å². The average Bonchev–Trinajstić information content (AvgIpc) is 2.68. The summed E-state index contributed by atoms with van der Waals surface area (Å²) >= 11 is 0. The lowest BCUT2D eigenvalue weighted by atomic mass is 10.0. The van der Waals surface area contributed by atoms with Gasteiger partial charge in [-0.25, -0.2) is 0 Å². The van der Waals surface area contributed by atoms with Gasteiger partial charge in [0, 0.05) is 6.07 Å². The summed E-state index contributed by atoms with van der Waals surface area (Å²) in [7, 11) is 1.21. The Labute approximate surface area is 112 Å². The molecule has 6 nitrogen and oxygen atoms in total. The van der Waals surface area contributed by atoms with Gasteiger partial charge in [-0.1, -0.05) is 5.16 Å². The Hall–Kier alpha value is -2.51. The number of nitro groups is 1. The third-order valence-corrected chi connectivity index (χ3v) is 2.84. The standard InChI is InChI=1S/C12H10F2N2O4/c1-5-9(6(2)20-15-5)10-8(19-3)4-7(13)12(11(10)14)16(17)18/h4H,1-3H3. The summed E-state index contributed by atoms with van der Waals surface area (Å²) in [6, 6.07) is 0.766. The van der Waals surface area contributed by atoms with E-state index < -0.39 is 22.2 Å². The molecule has 0 aliphatic carbocycles. The van der Waals surface area contributed by atoms with Crippen LogP contribution in [-0.4, -0.2) is 17.2 Å². The molecule has 0 N–H and O–H groups in total. The second-order valence-electron chi connectivity index (χ2n) is 4.05. The van der Waals surface area contributed by atoms with Gasteiger partial charge in [-0.3, -0.25) is 10.1 Å². The van der Waals surface area contributed by atoms with Gasteiger partial charge in [0.15, 0.2) is 0 Å². The van der Waals surface area contributed by atoms with Crippen molar-refractivity contribution in [3.63, 3.8) is 0 Å². The fourth-order valence-corrected chi connectivity index (χ4v) is 1.99. The maximum atomic E-state index is 14.3. The lowest BCUT2D eigenvalue weighted by Crippen LogP contribution is -2.02. The van der Waals surface area contributed by atoms with Crippen LogP contribution < -0.4 is 4.74 Å². The molecule has 2 rings (SSSR count). The Morgan fingerprint density at radius 1 is 1.35 bits per heavy atom. The van der Waals surface area contributed by atoms with E-state index in [1.54, 1.807) is 6.92 Å². The van der Waals surface area contributed by atoms with E-state index in [1.807, 2.05) is 0 Å². The molecule has 1 heterocycles. The molecule has 0 saturated carbocycles. The highest BCUT2D eigenvalue weighted by Crippen LogP contribution is 2.41. The molecular formula is C12H10F2N2O4. The Bertz CT molecular complexity index is 678. The normalized spacial score (nSPS) is 10.7. The van der Waals surface area contributed by atoms with Crippen molar-refractivity contribution in [1.82, 2.24) is 5.16 Å². The molecule has 0 fully saturated rings. The van der Waals surface area contributed by atoms with Gasteiger partial charge in [-0.2, -0.15) is 8.78 Å². The van der Waals surface area contributed by atoms with Crippen LogP contribution in [0.25, 0.3) is 11.1 Å². The number of hydrogen-bond acceptors (Lipinski definition) is 5. The minimum Gasteiger partial charge on any atom is -0.496 e. The van der Waals surface area contributed by atoms with E-state index in [1.165, 1.54) is 14.0 Å². The van der Waals surface area contributed by atoms with Gasteiger partial charge >= 0.3 is 5.69 Å². The zero-order valence-corrected chi connectivity index (χ0v) is 10.9. The highest BCUT2D eigenvalue weighted by Gasteiger charge is 2.31. The zero-order chi connectivity index (χ0) is 15.0. The van der Waals surface area contributed by atoms with Crippen LogP contribution in [0.15, 0.2) is 10.6 Å². The molecule has 0 atom stereocenters. The first-order chi connectivity index (χ1) is 9.38. The van der Waals surface area contributed by atoms with E-state index in [-0.39, 0.29) is 22.6 Å². The summed E-state index contributed by atoms with van der Waals surface area (Å²) < 4.78 is 37.7. The minimum atomic E-state index is -1.32. The van der Waals surface area contributed by atoms with E-state index in [0.29, 0.717) is 5.69 Å². The highest BCUT2D eigenvalue weighted by molar-refractivity contribution is 5.77. The number of aromatic nitrogens is 1. The predicted octanol–water partition coefficient (Wildman–Crippen LogP) is 3.15. The summed E-state index contributed by atoms with van der Waals surface area (Å²) in [4.78, 5) is 9.66. The molecule has 0 aliphatic heterocycles. The summed E-state index contributed by atoms with van der Waals surface area (Å²) in [6.07, 6.45) is 0. The smallest absolute Gasteiger partial charge is 0.341 e. The molecule has 0 saturated heterocycles. The van der Waals surface area contributed by atoms with Gasteiger partial charge in [-0.05, 0) is 13.8 Å². The number of nitro benzene ring substituents is 1. The quantitative estimate of drug-likeness (QED) is 0.639. The van der Waals surface area contributed by atoms with Gasteiger partial charge in [0.05, 0.1) is 28.9 Å². The molecule has 0 aliphatic rings. The molecule has 0 bridgehead atoms. The number of halogens is 2. The van der Waals surface area contributed by atoms with E-state index in [4.69, 9.17) is 9.26 Å². The second-order valence-corrected chi connectivity index (χ2v) is 4.05. The van der Waals surface area contributed by atoms with E-state index in [9.17, 15) is 18.9 Å². The number of nitrogens with zero attached hydrogens (tertiary/aromatic N) is 2. The van der Waals surface area contributed by atoms with Crippen molar-refractivity contribution in [2.75, 3.05) is 7.11 Å². The van der Waals surface area contributed by atoms with Crippen LogP contribution >= 0.6 is 0 Å². The van der Waals surface area contributed by atoms with Crippen LogP contribution in [-0.2, 0) is 0 Å². The summed E-state index contributed by atoms with van der Waals surface area (Å²) in [6.45, 7) is 3.06. The molecule has 0 radical (unpaired) electrons. The van der Waals surface area contributed by atoms with Crippen molar-refractivity contribution in [3.8, 4) is 16.9 Å². The molecule has 20 heavy (non-hydrogen) atoms. The first kappa shape index (κ1) is 13.9. The monoisotopic (exact) mass is 284 g/mol. The lowest BCUT2D eigenvalue weighted by Gasteiger charge is -2.10. The molecule has 106 valence electrons. The molecule has 2 aromatic rings. The van der Waals surface area contributed by atoms with Gasteiger partial charge in [0.1, 0.15) is 11.5 Å². The zero-order valence-electron chi connectivity index (χ0n) is 10.9. The Morgan fingerprint density at radius 3 is 2.45 bits per heavy atom. The number of benzene rings is 1. The van der Waals surface area contributed by atoms with Crippen LogP contribution in [0.2, 0.25) is 0 Å². The second kappa shape index (κ2) is 4.87. The van der Waals surface area contributed by atoms with Gasteiger partial charge in [0.25, 0.3) is 0 Å². The van der Waals surface area contributed by atoms with Crippen molar-refractivity contribution in [1.29, 1.82) is 0 Å². The van der Waals surface area contributed by atoms with Crippen molar-refractivity contribution in [3.05, 3.63) is 39.3 Å². The lowest BCUT2D eigenvalue weighted by molar-refractivity contribution is -0.390. The first-order valence-electron chi connectivity index (χ1n) is 5.52. The summed E-state index contributed by atoms with van der Waals surface area (Å²) in [5, 5.41) is 14.4. The molecule has 1 aromatic carbocycles. The summed E-state index contributed by atoms with van der Waals surface area (Å²) in [5.41, 5.74) is -0.944. The van der Waals surface area contributed by atoms with E-state index in [0.717, 1.165) is 6.07 Å². The van der Waals surface area contributed by atoms with Crippen LogP contribution in [0.1, 0.15) is 11.5 Å². The number of rotatable bonds is 3. The van der Waals surface area contributed by atoms with Gasteiger partial charge in [0.2, 0.25) is 11.6 Å². The first-order valence-corrected chi connectivity index (χ1v) is 5.52. The summed E-state index contributed by atoms with van der Waals surface area (Å²) in [5.74, 6) is -2.54. The average molecular weight is 284 g/mol. The number of hydrogen-bond donors (Lipinski definition) is 0. The fourth-order valence-electron chi connectivity index (χ4n) is 1.99. The SMILES string of the molecule is COc1cc(F)c([N+](=O)[O-])c(F)c1-c1c(C)noc1C. The Morgan fingerprint density at radius 2 is 2.00 bits per heavy atom. The topological polar surface area (TPSA) is 78.4 Å². The molecule has 0 unspecified atom stereocenters. The number of ether oxygens (including phenoxy) is 1. The molecular weight excluding hydrogens is 274 g/mol. The van der Waals surface area contributed by atoms with Crippen LogP contribution in [0.3, 0.4) is 0 Å². The van der Waals surface area contributed by atoms with Gasteiger partial charge < -0.3 is 9.26 Å². The molecule has 0 amide bonds. The third-order valence-electron chi connectivity index (χ3n) is 2.84. The van der Waals surface area contributed by atoms with E-state index in [2.05, 4.69) is 5.16 Å². The van der Waals surface area contributed by atoms with Crippen LogP contribution in [0.5, 0.6) is 5.75 Å². The Balaban J connectivity index is 2.88. The van der Waals surface area contributed by atoms with Crippen molar-refractivity contribution in [2.45, 2.75) is 13.8 Å². The molecule has 8 heteroatoms. The highest BCUT2D eigenvalue weighted by atomic mass is 19.1. The number of methoxy groups -OCH3 is 1. The number of aryl methyl sites for hydroxylation is 2. The van der Waals surface area contributed by atoms with Crippen molar-refractivity contribution >= 4 is 5.69 Å².